The fourth-order valence-corrected chi connectivity index (χ4v) is 5.23. The molecular formula is C53H101NO16Y4-4. The van der Waals surface area contributed by atoms with Crippen molar-refractivity contribution in [2.24, 2.45) is 45.1 Å². The number of carboxylic acids is 5. The van der Waals surface area contributed by atoms with E-state index in [0.29, 0.717) is 6.42 Å². The minimum Gasteiger partial charge on any atom is -0.481 e. The predicted octanol–water partition coefficient (Wildman–Crippen LogP) is 11.2. The minimum atomic E-state index is -1.12. The third-order valence-corrected chi connectivity index (χ3v) is 7.87. The number of amides is 1. The van der Waals surface area contributed by atoms with Crippen molar-refractivity contribution in [2.75, 3.05) is 0 Å². The van der Waals surface area contributed by atoms with Gasteiger partial charge in [0.05, 0.1) is 11.8 Å². The van der Waals surface area contributed by atoms with Crippen LogP contribution in [0.1, 0.15) is 212 Å². The van der Waals surface area contributed by atoms with E-state index >= 15 is 0 Å². The number of ether oxygens (including phenoxy) is 1. The molecule has 0 aromatic rings. The molecule has 430 valence electrons. The number of Topliss-reactive ketones (excluding diaryl/α,β-unsaturated/α-hetero) is 3. The Morgan fingerprint density at radius 1 is 0.419 bits per heavy atom. The molecule has 74 heavy (non-hydrogen) atoms. The predicted molar refractivity (Wildman–Crippen MR) is 278 cm³/mol. The van der Waals surface area contributed by atoms with Crippen LogP contribution in [0.25, 0.3) is 0 Å². The number of carbonyl (C=O) groups is 10. The summed E-state index contributed by atoms with van der Waals surface area (Å²) in [5.41, 5.74) is 3.85. The molecule has 0 heterocycles. The van der Waals surface area contributed by atoms with Crippen LogP contribution >= 0.6 is 0 Å². The molecule has 0 rings (SSSR count). The van der Waals surface area contributed by atoms with Gasteiger partial charge in [0.2, 0.25) is 5.91 Å². The molecule has 0 aromatic heterocycles. The third-order valence-electron chi connectivity index (χ3n) is 7.87. The van der Waals surface area contributed by atoms with E-state index in [2.05, 4.69) is 20.8 Å². The molecule has 0 aliphatic heterocycles. The Kier molecular flexibility index (Phi) is 73.7. The van der Waals surface area contributed by atoms with Crippen LogP contribution in [0.3, 0.4) is 0 Å². The summed E-state index contributed by atoms with van der Waals surface area (Å²) in [6, 6.07) is 0. The van der Waals surface area contributed by atoms with E-state index in [1.807, 2.05) is 68.7 Å². The number of carbonyl (C=O) groups excluding carboxylic acids is 5. The number of esters is 1. The second-order valence-electron chi connectivity index (χ2n) is 21.2. The Morgan fingerprint density at radius 2 is 0.676 bits per heavy atom. The van der Waals surface area contributed by atoms with Crippen LogP contribution in [0.2, 0.25) is 0 Å². The molecule has 0 spiro atoms. The van der Waals surface area contributed by atoms with Gasteiger partial charge in [-0.1, -0.05) is 120 Å². The van der Waals surface area contributed by atoms with Gasteiger partial charge >= 0.3 is 35.8 Å². The molecule has 0 aliphatic carbocycles. The zero-order valence-electron chi connectivity index (χ0n) is 43.9. The molecular weight excluding hydrogens is 1260 g/mol. The van der Waals surface area contributed by atoms with E-state index in [1.165, 1.54) is 19.3 Å². The molecule has 3 atom stereocenters. The summed E-state index contributed by atoms with van der Waals surface area (Å²) in [5.74, 6) is -9.13. The summed E-state index contributed by atoms with van der Waals surface area (Å²) in [7, 11) is 0. The molecule has 21 heteroatoms. The fraction of sp³-hybridized carbons (Fsp3) is 0.736. The van der Waals surface area contributed by atoms with E-state index in [1.54, 1.807) is 20.8 Å². The SMILES string of the molecule is C.C.C.C.C.CC(C)(C)[CH-]C(=O)CC(CCC(=O)O)C(=O)O.CC(C)(C)[CH-]C(=O)CC(CCC(=O)O)C(N)=O.CC(C)(C)[CH-]C(=O)CC(CCC(=O)OC(C)(C)C)C(=O)O.CC(C)(C)[CH-]CCC(=O)O.[Y].[Y].[Y].[Y]. The van der Waals surface area contributed by atoms with Crippen molar-refractivity contribution in [3.63, 3.8) is 0 Å². The Labute approximate surface area is 549 Å². The molecule has 1 amide bonds. The van der Waals surface area contributed by atoms with Crippen molar-refractivity contribution >= 4 is 59.1 Å². The first-order chi connectivity index (χ1) is 28.9. The van der Waals surface area contributed by atoms with Gasteiger partial charge in [-0.15, -0.1) is 16.2 Å². The smallest absolute Gasteiger partial charge is 0.306 e. The maximum absolute atomic E-state index is 11.8. The van der Waals surface area contributed by atoms with Crippen LogP contribution in [-0.4, -0.2) is 90.2 Å². The van der Waals surface area contributed by atoms with Crippen molar-refractivity contribution in [3.05, 3.63) is 25.7 Å². The Morgan fingerprint density at radius 3 is 0.892 bits per heavy atom. The van der Waals surface area contributed by atoms with Gasteiger partial charge in [0, 0.05) is 180 Å². The summed E-state index contributed by atoms with van der Waals surface area (Å²) in [6.07, 6.45) is 7.03. The molecule has 3 unspecified atom stereocenters. The Balaban J connectivity index is -0.0000000599. The second kappa shape index (κ2) is 51.7. The zero-order chi connectivity index (χ0) is 52.3. The molecule has 0 fully saturated rings. The number of nitrogens with two attached hydrogens (primary N) is 1. The third kappa shape index (κ3) is 82.7. The van der Waals surface area contributed by atoms with Gasteiger partial charge in [0.25, 0.3) is 0 Å². The number of rotatable bonds is 24. The molecule has 0 aliphatic rings. The largest absolute Gasteiger partial charge is 0.481 e. The molecule has 7 N–H and O–H groups in total. The second-order valence-corrected chi connectivity index (χ2v) is 21.2. The minimum absolute atomic E-state index is 0. The van der Waals surface area contributed by atoms with Gasteiger partial charge in [0.1, 0.15) is 5.60 Å². The van der Waals surface area contributed by atoms with E-state index in [9.17, 15) is 47.9 Å². The van der Waals surface area contributed by atoms with Gasteiger partial charge in [-0.05, 0) is 59.3 Å². The summed E-state index contributed by atoms with van der Waals surface area (Å²) in [6.45, 7) is 28.2. The van der Waals surface area contributed by atoms with Crippen molar-refractivity contribution in [1.82, 2.24) is 0 Å². The van der Waals surface area contributed by atoms with E-state index in [0.717, 1.165) is 0 Å². The standard InChI is InChI=1S/C16H27O5.C12H20NO4.C12H19O5.C8H15O2.5CH4.4Y/c1-15(2,3)10-12(17)9-11(14(19)20)7-8-13(18)21-16(4,5)6;1-12(2,3)7-9(14)6-8(11(13)17)4-5-10(15)16;1-12(2,3)7-9(13)6-8(11(16)17)4-5-10(14)15;1-8(2,3)6-4-5-7(9)10;;;;;;;;;/h10-11H,7-9H2,1-6H3,(H,19,20);7-8H,4-6H2,1-3H3,(H2,13,17)(H,15,16);7-8H,4-6H2,1-3H3,(H,14,15)(H,16,17);6H,4-5H2,1-3H3,(H,9,10);5*1H4;;;;/q4*-1;;;;;;;;;. The summed E-state index contributed by atoms with van der Waals surface area (Å²) in [5, 5.41) is 43.3. The van der Waals surface area contributed by atoms with Crippen LogP contribution in [0.4, 0.5) is 0 Å². The van der Waals surface area contributed by atoms with Gasteiger partial charge in [0.15, 0.2) is 0 Å². The Hall–Kier alpha value is -0.674. The Bertz CT molecular complexity index is 1510. The molecule has 4 radical (unpaired) electrons. The maximum Gasteiger partial charge on any atom is 0.306 e. The van der Waals surface area contributed by atoms with E-state index in [-0.39, 0.29) is 271 Å². The van der Waals surface area contributed by atoms with E-state index < -0.39 is 65.1 Å². The number of hydrogen-bond donors (Lipinski definition) is 6. The quantitative estimate of drug-likeness (QED) is 0.0386. The normalized spacial score (nSPS) is 11.3. The van der Waals surface area contributed by atoms with Gasteiger partial charge in [-0.2, -0.15) is 11.8 Å². The fourth-order valence-electron chi connectivity index (χ4n) is 5.23. The van der Waals surface area contributed by atoms with Crippen LogP contribution < -0.4 is 5.73 Å². The van der Waals surface area contributed by atoms with Crippen molar-refractivity contribution in [2.45, 2.75) is 217 Å². The van der Waals surface area contributed by atoms with Crippen LogP contribution in [0.5, 0.6) is 0 Å². The van der Waals surface area contributed by atoms with Gasteiger partial charge in [-0.3, -0.25) is 33.6 Å². The maximum atomic E-state index is 11.8. The monoisotopic (exact) mass is 1360 g/mol. The molecule has 0 bridgehead atoms. The first-order valence-electron chi connectivity index (χ1n) is 21.6. The topological polar surface area (TPSA) is 307 Å². The van der Waals surface area contributed by atoms with Gasteiger partial charge < -0.3 is 76.1 Å². The number of carboxylic acid groups (broad SMARTS) is 5. The van der Waals surface area contributed by atoms with Crippen molar-refractivity contribution in [3.8, 4) is 0 Å². The molecule has 0 aromatic carbocycles. The molecule has 17 nitrogen and oxygen atoms in total. The average Bonchev–Trinajstić information content (AvgIpc) is 3.03. The number of primary amides is 1. The van der Waals surface area contributed by atoms with Crippen LogP contribution in [0, 0.1) is 65.1 Å². The number of aliphatic carboxylic acids is 5. The summed E-state index contributed by atoms with van der Waals surface area (Å²) < 4.78 is 5.13. The first kappa shape index (κ1) is 105. The van der Waals surface area contributed by atoms with Crippen LogP contribution in [0.15, 0.2) is 0 Å². The average molecular weight is 1360 g/mol. The first-order valence-corrected chi connectivity index (χ1v) is 21.6. The number of ketones is 3. The van der Waals surface area contributed by atoms with E-state index in [4.69, 9.17) is 36.0 Å². The van der Waals surface area contributed by atoms with Gasteiger partial charge in [-0.25, -0.2) is 0 Å². The summed E-state index contributed by atoms with van der Waals surface area (Å²) >= 11 is 0. The molecule has 0 saturated carbocycles. The van der Waals surface area contributed by atoms with Crippen molar-refractivity contribution < 1.29 is 209 Å². The summed E-state index contributed by atoms with van der Waals surface area (Å²) in [4.78, 5) is 110. The van der Waals surface area contributed by atoms with Crippen molar-refractivity contribution in [1.29, 1.82) is 0 Å². The zero-order valence-corrected chi connectivity index (χ0v) is 55.3. The number of hydrogen-bond acceptors (Lipinski definition) is 11. The molecule has 0 saturated heterocycles. The van der Waals surface area contributed by atoms with Crippen LogP contribution in [-0.2, 0) is 184 Å².